The summed E-state index contributed by atoms with van der Waals surface area (Å²) in [6.45, 7) is 14.9. The van der Waals surface area contributed by atoms with Gasteiger partial charge in [0.05, 0.1) is 43.4 Å². The number of carbonyl (C=O) groups excluding carboxylic acids is 4. The van der Waals surface area contributed by atoms with Crippen LogP contribution in [0.5, 0.6) is 11.5 Å². The first-order valence-corrected chi connectivity index (χ1v) is 19.3. The van der Waals surface area contributed by atoms with E-state index in [4.69, 9.17) is 14.2 Å². The van der Waals surface area contributed by atoms with Crippen molar-refractivity contribution in [2.45, 2.75) is 80.1 Å². The lowest BCUT2D eigenvalue weighted by atomic mass is 9.80. The zero-order valence-electron chi connectivity index (χ0n) is 33.8. The third kappa shape index (κ3) is 10.3. The number of ether oxygens (including phenoxy) is 3. The Bertz CT molecular complexity index is 1790. The van der Waals surface area contributed by atoms with Crippen molar-refractivity contribution >= 4 is 29.7 Å². The Hall–Kier alpha value is -4.79. The third-order valence-electron chi connectivity index (χ3n) is 10.8. The van der Waals surface area contributed by atoms with Crippen molar-refractivity contribution in [1.82, 2.24) is 15.2 Å². The van der Waals surface area contributed by atoms with Crippen LogP contribution in [-0.2, 0) is 25.7 Å². The molecular weight excluding hydrogens is 720 g/mol. The average Bonchev–Trinajstić information content (AvgIpc) is 3.16. The summed E-state index contributed by atoms with van der Waals surface area (Å²) in [6.07, 6.45) is 9.41. The topological polar surface area (TPSA) is 188 Å². The van der Waals surface area contributed by atoms with Gasteiger partial charge in [-0.25, -0.2) is 0 Å². The van der Waals surface area contributed by atoms with Gasteiger partial charge in [-0.2, -0.15) is 5.10 Å². The molecule has 1 fully saturated rings. The summed E-state index contributed by atoms with van der Waals surface area (Å²) in [5, 5.41) is 41.0. The molecule has 1 aromatic rings. The highest BCUT2D eigenvalue weighted by molar-refractivity contribution is 6.35. The number of aliphatic hydroxyl groups is 2. The minimum absolute atomic E-state index is 0.00715. The zero-order chi connectivity index (χ0) is 41.3. The molecule has 56 heavy (non-hydrogen) atoms. The van der Waals surface area contributed by atoms with Crippen molar-refractivity contribution in [2.24, 2.45) is 28.8 Å². The van der Waals surface area contributed by atoms with E-state index >= 15 is 0 Å². The highest BCUT2D eigenvalue weighted by Crippen LogP contribution is 2.43. The van der Waals surface area contributed by atoms with E-state index in [0.29, 0.717) is 45.6 Å². The average molecular weight is 779 g/mol. The first kappa shape index (κ1) is 43.9. The molecule has 14 nitrogen and oxygen atoms in total. The fourth-order valence-corrected chi connectivity index (χ4v) is 7.62. The molecule has 3 heterocycles. The summed E-state index contributed by atoms with van der Waals surface area (Å²) in [6, 6.07) is 0. The van der Waals surface area contributed by atoms with Crippen LogP contribution >= 0.6 is 0 Å². The molecule has 1 amide bonds. The van der Waals surface area contributed by atoms with Crippen molar-refractivity contribution in [2.75, 3.05) is 46.4 Å². The normalized spacial score (nSPS) is 28.4. The number of piperazine rings is 1. The van der Waals surface area contributed by atoms with Gasteiger partial charge >= 0.3 is 5.97 Å². The molecule has 14 heteroatoms. The van der Waals surface area contributed by atoms with Crippen LogP contribution in [0.1, 0.15) is 86.2 Å². The number of Topliss-reactive ketones (excluding diaryl/α,β-unsaturated/α-hetero) is 2. The predicted octanol–water partition coefficient (Wildman–Crippen LogP) is 4.22. The lowest BCUT2D eigenvalue weighted by Gasteiger charge is -2.34. The second-order valence-corrected chi connectivity index (χ2v) is 15.1. The van der Waals surface area contributed by atoms with Gasteiger partial charge in [0.2, 0.25) is 5.78 Å². The molecular formula is C42H58N4O10. The number of hydrazone groups is 1. The zero-order valence-corrected chi connectivity index (χ0v) is 33.8. The van der Waals surface area contributed by atoms with E-state index in [1.807, 2.05) is 33.8 Å². The van der Waals surface area contributed by atoms with Gasteiger partial charge in [0.1, 0.15) is 29.9 Å². The Morgan fingerprint density at radius 1 is 1.05 bits per heavy atom. The number of hydrogen-bond acceptors (Lipinski definition) is 13. The Morgan fingerprint density at radius 3 is 2.39 bits per heavy atom. The number of aliphatic hydroxyl groups excluding tert-OH is 2. The molecule has 5 rings (SSSR count). The van der Waals surface area contributed by atoms with Gasteiger partial charge in [-0.15, -0.1) is 0 Å². The fourth-order valence-electron chi connectivity index (χ4n) is 7.62. The molecule has 4 N–H and O–H groups in total. The molecule has 0 spiro atoms. The molecule has 6 atom stereocenters. The molecule has 0 radical (unpaired) electrons. The number of phenolic OH excluding ortho intramolecular Hbond substituents is 1. The number of hydrogen-bond donors (Lipinski definition) is 4. The Balaban J connectivity index is 1.82. The van der Waals surface area contributed by atoms with Gasteiger partial charge in [-0.05, 0) is 50.5 Å². The van der Waals surface area contributed by atoms with Crippen LogP contribution in [0, 0.1) is 30.6 Å². The highest BCUT2D eigenvalue weighted by Gasteiger charge is 2.40. The van der Waals surface area contributed by atoms with Gasteiger partial charge in [-0.3, -0.25) is 29.1 Å². The number of carbonyl (C=O) groups is 4. The minimum Gasteiger partial charge on any atom is -0.507 e. The Morgan fingerprint density at radius 2 is 1.75 bits per heavy atom. The number of nitrogens with one attached hydrogen (secondary N) is 1. The number of allylic oxidation sites excluding steroid dienone is 6. The molecule has 1 saturated heterocycles. The molecule has 3 aliphatic heterocycles. The van der Waals surface area contributed by atoms with Crippen LogP contribution < -0.4 is 10.1 Å². The number of β-amino-alcohol motifs (C(OH)–C–C–N with tert-alkyl or cyclic N) is 1. The monoisotopic (exact) mass is 778 g/mol. The number of ketones is 2. The van der Waals surface area contributed by atoms with E-state index in [1.54, 1.807) is 37.1 Å². The van der Waals surface area contributed by atoms with E-state index in [1.165, 1.54) is 26.5 Å². The van der Waals surface area contributed by atoms with Gasteiger partial charge in [-0.1, -0.05) is 45.9 Å². The third-order valence-corrected chi connectivity index (χ3v) is 10.8. The molecule has 0 aromatic heterocycles. The lowest BCUT2D eigenvalue weighted by Crippen LogP contribution is -2.45. The second-order valence-electron chi connectivity index (χ2n) is 15.1. The number of esters is 1. The molecule has 306 valence electrons. The Labute approximate surface area is 329 Å². The molecule has 1 aromatic carbocycles. The SMILES string of the molecule is COc1c(C)c(O)c2c3c1CO/C=C/C[C@@H](C)C(OC(C)=O)[C@H](C)C(O)[C@H](C)CC(C)/C=C/C=C(/C)C(=O)NC(=C(/C=N/N1CCN(CCO)CC1)C3=O)C2=O. The van der Waals surface area contributed by atoms with Crippen LogP contribution in [0.4, 0.5) is 0 Å². The number of amides is 1. The van der Waals surface area contributed by atoms with Gasteiger partial charge in [0, 0.05) is 67.8 Å². The molecule has 1 aliphatic carbocycles. The van der Waals surface area contributed by atoms with E-state index in [2.05, 4.69) is 15.3 Å². The first-order chi connectivity index (χ1) is 26.6. The Kier molecular flexibility index (Phi) is 15.6. The molecule has 4 bridgehead atoms. The number of phenols is 1. The number of methoxy groups -OCH3 is 1. The van der Waals surface area contributed by atoms with Gasteiger partial charge in [0.15, 0.2) is 5.78 Å². The summed E-state index contributed by atoms with van der Waals surface area (Å²) in [4.78, 5) is 56.9. The fraction of sp³-hybridized carbons (Fsp3) is 0.548. The van der Waals surface area contributed by atoms with E-state index in [0.717, 1.165) is 0 Å². The number of rotatable bonds is 6. The van der Waals surface area contributed by atoms with Gasteiger partial charge < -0.3 is 34.8 Å². The summed E-state index contributed by atoms with van der Waals surface area (Å²) in [5.74, 6) is -3.54. The maximum absolute atomic E-state index is 14.6. The number of benzene rings is 1. The lowest BCUT2D eigenvalue weighted by molar-refractivity contribution is -0.156. The first-order valence-electron chi connectivity index (χ1n) is 19.3. The maximum atomic E-state index is 14.6. The van der Waals surface area contributed by atoms with Crippen molar-refractivity contribution in [3.05, 3.63) is 69.7 Å². The summed E-state index contributed by atoms with van der Waals surface area (Å²) in [5.41, 5.74) is -0.221. The van der Waals surface area contributed by atoms with Crippen LogP contribution in [0.3, 0.4) is 0 Å². The second kappa shape index (κ2) is 19.9. The standard InChI is InChI=1S/C42H58N4O10/c1-24-11-9-12-26(3)42(53)44-35-31(22-43-46-16-14-45(15-17-46)18-19-47)38(51)33-32(41(54-8)29(6)37(50)34(33)39(35)52)23-55-20-10-13-25(2)40(56-30(7)48)28(5)36(49)27(4)21-24/h9-12,20,22,24-25,27-28,36,40,47,49-50H,13-19,21,23H2,1-8H3,(H,44,53)/b11-9+,20-10+,26-12-,43-22+/t24?,25-,27-,28-,36?,40?/m1/s1. The largest absolute Gasteiger partial charge is 0.507 e. The summed E-state index contributed by atoms with van der Waals surface area (Å²) in [7, 11) is 1.39. The minimum atomic E-state index is -0.774. The smallest absolute Gasteiger partial charge is 0.302 e. The molecule has 4 aliphatic rings. The van der Waals surface area contributed by atoms with Crippen molar-refractivity contribution < 1.29 is 48.7 Å². The van der Waals surface area contributed by atoms with Crippen LogP contribution in [0.2, 0.25) is 0 Å². The van der Waals surface area contributed by atoms with Crippen LogP contribution in [0.15, 0.2) is 52.5 Å². The molecule has 0 saturated carbocycles. The summed E-state index contributed by atoms with van der Waals surface area (Å²) >= 11 is 0. The van der Waals surface area contributed by atoms with E-state index < -0.39 is 41.4 Å². The van der Waals surface area contributed by atoms with E-state index in [-0.39, 0.29) is 81.7 Å². The van der Waals surface area contributed by atoms with Crippen molar-refractivity contribution in [3.8, 4) is 11.5 Å². The van der Waals surface area contributed by atoms with Crippen LogP contribution in [0.25, 0.3) is 0 Å². The quantitative estimate of drug-likeness (QED) is 0.238. The van der Waals surface area contributed by atoms with Crippen molar-refractivity contribution in [1.29, 1.82) is 0 Å². The number of fused-ring (bicyclic) bond motifs is 15. The van der Waals surface area contributed by atoms with Gasteiger partial charge in [0.25, 0.3) is 5.91 Å². The summed E-state index contributed by atoms with van der Waals surface area (Å²) < 4.78 is 17.4. The maximum Gasteiger partial charge on any atom is 0.302 e. The van der Waals surface area contributed by atoms with Crippen LogP contribution in [-0.4, -0.2) is 114 Å². The predicted molar refractivity (Wildman–Crippen MR) is 211 cm³/mol. The highest BCUT2D eigenvalue weighted by atomic mass is 16.5. The van der Waals surface area contributed by atoms with E-state index in [9.17, 15) is 34.5 Å². The number of nitrogens with zero attached hydrogens (tertiary/aromatic N) is 3. The van der Waals surface area contributed by atoms with Crippen molar-refractivity contribution in [3.63, 3.8) is 0 Å². The number of aromatic hydroxyl groups is 1. The molecule has 3 unspecified atom stereocenters.